The molecular weight excluding hydrogens is 639 g/mol. The molecule has 0 fully saturated rings. The topological polar surface area (TPSA) is 92.3 Å². The lowest BCUT2D eigenvalue weighted by Gasteiger charge is -2.18. The molecule has 13 heteroatoms. The van der Waals surface area contributed by atoms with Crippen LogP contribution < -0.4 is 9.47 Å². The number of nitrogens with zero attached hydrogens (tertiary/aromatic N) is 4. The van der Waals surface area contributed by atoms with Crippen LogP contribution in [0, 0.1) is 17.0 Å². The Kier molecular flexibility index (Phi) is 9.43. The van der Waals surface area contributed by atoms with E-state index in [-0.39, 0.29) is 18.1 Å². The van der Waals surface area contributed by atoms with Gasteiger partial charge in [0, 0.05) is 15.6 Å². The molecule has 0 radical (unpaired) electrons. The van der Waals surface area contributed by atoms with E-state index < -0.39 is 5.25 Å². The maximum atomic E-state index is 11.6. The standard InChI is InChI=1S/C25H20BrCl3N4O4S/c1-14-30-31-25(33(14)18-6-4-17(27)5-7-18)38-23(12-32(34)35)16-10-19(26)24(22(11-16)36-2)37-13-15-3-8-20(28)21(29)9-15/h3-11,23H,12-13H2,1-2H3/t23-/m0/s1. The summed E-state index contributed by atoms with van der Waals surface area (Å²) in [7, 11) is 1.51. The molecule has 1 atom stereocenters. The predicted octanol–water partition coefficient (Wildman–Crippen LogP) is 8.00. The van der Waals surface area contributed by atoms with Gasteiger partial charge in [-0.3, -0.25) is 14.7 Å². The summed E-state index contributed by atoms with van der Waals surface area (Å²) in [5, 5.41) is 21.5. The Morgan fingerprint density at radius 3 is 2.47 bits per heavy atom. The summed E-state index contributed by atoms with van der Waals surface area (Å²) in [6, 6.07) is 15.9. The minimum Gasteiger partial charge on any atom is -0.493 e. The number of halogens is 4. The van der Waals surface area contributed by atoms with Crippen LogP contribution in [0.2, 0.25) is 15.1 Å². The minimum atomic E-state index is -0.603. The van der Waals surface area contributed by atoms with E-state index in [1.165, 1.54) is 18.9 Å². The van der Waals surface area contributed by atoms with Crippen molar-refractivity contribution in [1.29, 1.82) is 0 Å². The highest BCUT2D eigenvalue weighted by Gasteiger charge is 2.26. The van der Waals surface area contributed by atoms with Gasteiger partial charge < -0.3 is 9.47 Å². The van der Waals surface area contributed by atoms with Crippen molar-refractivity contribution in [3.05, 3.63) is 101 Å². The molecule has 0 spiro atoms. The highest BCUT2D eigenvalue weighted by Crippen LogP contribution is 2.43. The second kappa shape index (κ2) is 12.6. The molecule has 1 aromatic heterocycles. The monoisotopic (exact) mass is 656 g/mol. The first-order valence-electron chi connectivity index (χ1n) is 11.1. The van der Waals surface area contributed by atoms with Gasteiger partial charge in [-0.2, -0.15) is 0 Å². The lowest BCUT2D eigenvalue weighted by Crippen LogP contribution is -2.12. The molecule has 0 bridgehead atoms. The Balaban J connectivity index is 1.64. The number of hydrogen-bond acceptors (Lipinski definition) is 7. The number of nitro groups is 1. The highest BCUT2D eigenvalue weighted by molar-refractivity contribution is 9.10. The Bertz CT molecular complexity index is 1470. The van der Waals surface area contributed by atoms with Crippen LogP contribution in [0.1, 0.15) is 22.2 Å². The zero-order valence-corrected chi connectivity index (χ0v) is 24.7. The van der Waals surface area contributed by atoms with Crippen LogP contribution in [0.4, 0.5) is 0 Å². The fraction of sp³-hybridized carbons (Fsp3) is 0.200. The van der Waals surface area contributed by atoms with Crippen molar-refractivity contribution in [2.75, 3.05) is 13.7 Å². The van der Waals surface area contributed by atoms with E-state index in [0.717, 1.165) is 11.3 Å². The van der Waals surface area contributed by atoms with Crippen molar-refractivity contribution in [1.82, 2.24) is 14.8 Å². The SMILES string of the molecule is COc1cc([C@H](C[N+](=O)[O-])Sc2nnc(C)n2-c2ccc(Cl)cc2)cc(Br)c1OCc1ccc(Cl)c(Cl)c1. The van der Waals surface area contributed by atoms with Crippen LogP contribution in [0.25, 0.3) is 5.69 Å². The van der Waals surface area contributed by atoms with Crippen molar-refractivity contribution in [2.45, 2.75) is 23.9 Å². The van der Waals surface area contributed by atoms with Crippen molar-refractivity contribution < 1.29 is 14.4 Å². The average Bonchev–Trinajstić information content (AvgIpc) is 3.24. The Hall–Kier alpha value is -2.50. The first-order valence-corrected chi connectivity index (χ1v) is 13.9. The molecule has 0 unspecified atom stereocenters. The van der Waals surface area contributed by atoms with Gasteiger partial charge in [0.25, 0.3) is 0 Å². The van der Waals surface area contributed by atoms with E-state index in [0.29, 0.717) is 47.6 Å². The van der Waals surface area contributed by atoms with E-state index >= 15 is 0 Å². The number of benzene rings is 3. The molecule has 0 N–H and O–H groups in total. The first kappa shape index (κ1) is 28.5. The summed E-state index contributed by atoms with van der Waals surface area (Å²) >= 11 is 22.9. The molecule has 0 saturated heterocycles. The maximum absolute atomic E-state index is 11.6. The third-order valence-electron chi connectivity index (χ3n) is 5.43. The van der Waals surface area contributed by atoms with E-state index in [1.54, 1.807) is 36.4 Å². The summed E-state index contributed by atoms with van der Waals surface area (Å²) in [6.45, 7) is 1.67. The van der Waals surface area contributed by atoms with Gasteiger partial charge in [-0.15, -0.1) is 10.2 Å². The number of hydrogen-bond donors (Lipinski definition) is 0. The van der Waals surface area contributed by atoms with Gasteiger partial charge >= 0.3 is 0 Å². The second-order valence-corrected chi connectivity index (χ2v) is 11.3. The largest absolute Gasteiger partial charge is 0.493 e. The molecule has 0 aliphatic heterocycles. The second-order valence-electron chi connectivity index (χ2n) is 8.03. The van der Waals surface area contributed by atoms with Crippen LogP contribution in [0.15, 0.2) is 64.2 Å². The number of rotatable bonds is 10. The van der Waals surface area contributed by atoms with E-state index in [9.17, 15) is 10.1 Å². The highest BCUT2D eigenvalue weighted by atomic mass is 79.9. The van der Waals surface area contributed by atoms with Gasteiger partial charge in [0.05, 0.1) is 21.6 Å². The Morgan fingerprint density at radius 1 is 1.08 bits per heavy atom. The van der Waals surface area contributed by atoms with E-state index in [1.807, 2.05) is 29.7 Å². The summed E-state index contributed by atoms with van der Waals surface area (Å²) in [5.74, 6) is 1.51. The van der Waals surface area contributed by atoms with Crippen LogP contribution >= 0.6 is 62.5 Å². The lowest BCUT2D eigenvalue weighted by atomic mass is 10.1. The maximum Gasteiger partial charge on any atom is 0.220 e. The molecular formula is C25H20BrCl3N4O4S. The smallest absolute Gasteiger partial charge is 0.220 e. The summed E-state index contributed by atoms with van der Waals surface area (Å²) in [6.07, 6.45) is 0. The van der Waals surface area contributed by atoms with Gasteiger partial charge in [0.15, 0.2) is 16.7 Å². The molecule has 0 aliphatic rings. The fourth-order valence-corrected chi connectivity index (χ4v) is 5.81. The third kappa shape index (κ3) is 6.73. The van der Waals surface area contributed by atoms with Crippen LogP contribution in [-0.4, -0.2) is 33.3 Å². The summed E-state index contributed by atoms with van der Waals surface area (Å²) in [5.41, 5.74) is 2.26. The number of methoxy groups -OCH3 is 1. The van der Waals surface area contributed by atoms with Crippen LogP contribution in [-0.2, 0) is 6.61 Å². The molecule has 38 heavy (non-hydrogen) atoms. The van der Waals surface area contributed by atoms with Gasteiger partial charge in [-0.25, -0.2) is 0 Å². The molecule has 1 heterocycles. The van der Waals surface area contributed by atoms with Gasteiger partial charge in [0.2, 0.25) is 6.54 Å². The predicted molar refractivity (Wildman–Crippen MR) is 153 cm³/mol. The van der Waals surface area contributed by atoms with Crippen molar-refractivity contribution in [3.63, 3.8) is 0 Å². The fourth-order valence-electron chi connectivity index (χ4n) is 3.63. The van der Waals surface area contributed by atoms with E-state index in [2.05, 4.69) is 26.1 Å². The average molecular weight is 659 g/mol. The summed E-state index contributed by atoms with van der Waals surface area (Å²) < 4.78 is 14.0. The molecule has 0 saturated carbocycles. The molecule has 0 aliphatic carbocycles. The number of ether oxygens (including phenoxy) is 2. The van der Waals surface area contributed by atoms with Crippen LogP contribution in [0.5, 0.6) is 11.5 Å². The number of aryl methyl sites for hydroxylation is 1. The van der Waals surface area contributed by atoms with Gasteiger partial charge in [-0.05, 0) is 82.5 Å². The number of thioether (sulfide) groups is 1. The summed E-state index contributed by atoms with van der Waals surface area (Å²) in [4.78, 5) is 11.3. The Morgan fingerprint density at radius 2 is 1.82 bits per heavy atom. The zero-order chi connectivity index (χ0) is 27.4. The van der Waals surface area contributed by atoms with Crippen molar-refractivity contribution in [2.24, 2.45) is 0 Å². The van der Waals surface area contributed by atoms with Gasteiger partial charge in [0.1, 0.15) is 17.7 Å². The van der Waals surface area contributed by atoms with Crippen LogP contribution in [0.3, 0.4) is 0 Å². The molecule has 0 amide bonds. The quantitative estimate of drug-likeness (QED) is 0.0969. The molecule has 198 valence electrons. The minimum absolute atomic E-state index is 0.210. The zero-order valence-electron chi connectivity index (χ0n) is 20.0. The number of aromatic nitrogens is 3. The molecule has 4 aromatic rings. The lowest BCUT2D eigenvalue weighted by molar-refractivity contribution is -0.479. The third-order valence-corrected chi connectivity index (χ3v) is 8.19. The Labute approximate surface area is 246 Å². The molecule has 4 rings (SSSR count). The van der Waals surface area contributed by atoms with Crippen molar-refractivity contribution >= 4 is 62.5 Å². The molecule has 8 nitrogen and oxygen atoms in total. The van der Waals surface area contributed by atoms with Gasteiger partial charge in [-0.1, -0.05) is 52.6 Å². The normalized spacial score (nSPS) is 11.8. The van der Waals surface area contributed by atoms with Crippen molar-refractivity contribution in [3.8, 4) is 17.2 Å². The van der Waals surface area contributed by atoms with E-state index in [4.69, 9.17) is 44.3 Å². The first-order chi connectivity index (χ1) is 18.2. The molecule has 3 aromatic carbocycles.